The fraction of sp³-hybridized carbons (Fsp3) is 0.167. The number of fused-ring (bicyclic) bond motifs is 6. The molecule has 4 nitrogen and oxygen atoms in total. The zero-order chi connectivity index (χ0) is 52.4. The van der Waals surface area contributed by atoms with E-state index in [1.807, 2.05) is 0 Å². The van der Waals surface area contributed by atoms with E-state index in [1.165, 1.54) is 77.0 Å². The van der Waals surface area contributed by atoms with E-state index in [0.717, 1.165) is 73.4 Å². The Kier molecular flexibility index (Phi) is 15.3. The van der Waals surface area contributed by atoms with Crippen molar-refractivity contribution < 1.29 is 9.47 Å². The second kappa shape index (κ2) is 23.6. The smallest absolute Gasteiger partial charge is 0.175 e. The van der Waals surface area contributed by atoms with Crippen molar-refractivity contribution in [3.05, 3.63) is 300 Å². The molecular weight excluding hydrogens is 981 g/mol. The van der Waals surface area contributed by atoms with Gasteiger partial charge in [-0.2, -0.15) is 0 Å². The van der Waals surface area contributed by atoms with E-state index < -0.39 is 16.5 Å². The standard InChI is InChI=1S/C72H68N2O2Si2/c1(25-47-75-63-43-45-67-65-39-21-23-41-69(65)73(71(67)49-63)77(51-57-27-9-3-10-28-57,52-58-29-11-4-12-30-58)53-59-31-13-5-14-32-59)2-26-48-76-64-44-46-68-66-40-22-24-42-70(66)74(72(68)50-64)78(54-60-33-15-6-16-34-60,55-61-35-17-7-18-36-61)56-62-37-19-8-20-38-62/h3-24,27-46,49-50H,1-2,25-26,47-48,51-56H2. The molecule has 0 unspecified atom stereocenters. The number of ether oxygens (including phenoxy) is 2. The van der Waals surface area contributed by atoms with Gasteiger partial charge in [-0.1, -0.05) is 218 Å². The number of benzene rings is 10. The topological polar surface area (TPSA) is 28.3 Å². The van der Waals surface area contributed by atoms with Crippen molar-refractivity contribution in [2.45, 2.75) is 61.9 Å². The molecule has 0 N–H and O–H groups in total. The van der Waals surface area contributed by atoms with Crippen molar-refractivity contribution in [2.75, 3.05) is 13.2 Å². The van der Waals surface area contributed by atoms with Gasteiger partial charge in [-0.05, 0) is 132 Å². The SMILES string of the molecule is c1ccc(C[Si](Cc2ccccc2)(Cc2ccccc2)n2c3ccccc3c3ccc(OCCCCCCOc4ccc5c6ccccc6n([Si](Cc6ccccc6)(Cc6ccccc6)Cc6ccccc6)c5c4)cc32)cc1. The first kappa shape index (κ1) is 50.6. The van der Waals surface area contributed by atoms with Crippen LogP contribution in [0.3, 0.4) is 0 Å². The van der Waals surface area contributed by atoms with E-state index in [9.17, 15) is 0 Å². The Morgan fingerprint density at radius 3 is 0.795 bits per heavy atom. The second-order valence-corrected chi connectivity index (χ2v) is 29.5. The van der Waals surface area contributed by atoms with Gasteiger partial charge in [0, 0.05) is 55.7 Å². The lowest BCUT2D eigenvalue weighted by Gasteiger charge is -2.36. The van der Waals surface area contributed by atoms with Gasteiger partial charge in [0.15, 0.2) is 16.5 Å². The first-order chi connectivity index (χ1) is 38.6. The molecule has 10 aromatic carbocycles. The van der Waals surface area contributed by atoms with Crippen LogP contribution in [0.15, 0.2) is 267 Å². The molecule has 12 aromatic rings. The summed E-state index contributed by atoms with van der Waals surface area (Å²) in [7, 11) is -5.01. The van der Waals surface area contributed by atoms with Crippen molar-refractivity contribution in [1.82, 2.24) is 8.47 Å². The second-order valence-electron chi connectivity index (χ2n) is 21.6. The third-order valence-corrected chi connectivity index (χ3v) is 25.3. The number of aromatic nitrogens is 2. The Bertz CT molecular complexity index is 3400. The van der Waals surface area contributed by atoms with Crippen LogP contribution in [0, 0.1) is 0 Å². The van der Waals surface area contributed by atoms with E-state index in [0.29, 0.717) is 13.2 Å². The first-order valence-corrected chi connectivity index (χ1v) is 33.3. The monoisotopic (exact) mass is 1050 g/mol. The molecule has 0 saturated heterocycles. The molecule has 6 heteroatoms. The zero-order valence-corrected chi connectivity index (χ0v) is 46.6. The van der Waals surface area contributed by atoms with Crippen LogP contribution < -0.4 is 9.47 Å². The maximum absolute atomic E-state index is 6.70. The van der Waals surface area contributed by atoms with E-state index in [4.69, 9.17) is 9.47 Å². The minimum atomic E-state index is -2.50. The zero-order valence-electron chi connectivity index (χ0n) is 44.6. The summed E-state index contributed by atoms with van der Waals surface area (Å²) >= 11 is 0. The Morgan fingerprint density at radius 2 is 0.500 bits per heavy atom. The Morgan fingerprint density at radius 1 is 0.244 bits per heavy atom. The molecule has 0 radical (unpaired) electrons. The van der Waals surface area contributed by atoms with E-state index in [-0.39, 0.29) is 0 Å². The highest BCUT2D eigenvalue weighted by Gasteiger charge is 2.41. The van der Waals surface area contributed by atoms with Crippen LogP contribution in [-0.4, -0.2) is 38.2 Å². The van der Waals surface area contributed by atoms with Crippen LogP contribution in [0.2, 0.25) is 0 Å². The van der Waals surface area contributed by atoms with Crippen LogP contribution in [0.4, 0.5) is 0 Å². The minimum absolute atomic E-state index is 0.676. The molecule has 0 fully saturated rings. The highest BCUT2D eigenvalue weighted by atomic mass is 28.3. The summed E-state index contributed by atoms with van der Waals surface area (Å²) in [4.78, 5) is 0. The molecule has 2 aromatic heterocycles. The third-order valence-electron chi connectivity index (χ3n) is 16.1. The fourth-order valence-electron chi connectivity index (χ4n) is 12.7. The van der Waals surface area contributed by atoms with Gasteiger partial charge < -0.3 is 17.9 Å². The average Bonchev–Trinajstić information content (AvgIpc) is 4.22. The molecule has 0 aliphatic heterocycles. The lowest BCUT2D eigenvalue weighted by molar-refractivity contribution is 0.288. The molecule has 0 bridgehead atoms. The van der Waals surface area contributed by atoms with Gasteiger partial charge in [0.05, 0.1) is 13.2 Å². The Balaban J connectivity index is 0.772. The lowest BCUT2D eigenvalue weighted by Crippen LogP contribution is -2.51. The molecule has 0 amide bonds. The number of para-hydroxylation sites is 2. The molecule has 0 atom stereocenters. The molecular formula is C72H68N2O2Si2. The summed E-state index contributed by atoms with van der Waals surface area (Å²) < 4.78 is 19.0. The van der Waals surface area contributed by atoms with Gasteiger partial charge in [0.25, 0.3) is 0 Å². The van der Waals surface area contributed by atoms with Crippen LogP contribution in [-0.2, 0) is 36.3 Å². The van der Waals surface area contributed by atoms with Gasteiger partial charge in [0.1, 0.15) is 11.5 Å². The molecule has 386 valence electrons. The molecule has 78 heavy (non-hydrogen) atoms. The van der Waals surface area contributed by atoms with E-state index >= 15 is 0 Å². The number of hydrogen-bond donors (Lipinski definition) is 0. The van der Waals surface area contributed by atoms with Gasteiger partial charge in [0.2, 0.25) is 0 Å². The average molecular weight is 1050 g/mol. The molecule has 12 rings (SSSR count). The molecule has 0 aliphatic carbocycles. The number of rotatable bonds is 23. The minimum Gasteiger partial charge on any atom is -0.494 e. The molecule has 2 heterocycles. The summed E-state index contributed by atoms with van der Waals surface area (Å²) in [6.07, 6.45) is 4.12. The highest BCUT2D eigenvalue weighted by molar-refractivity contribution is 6.79. The lowest BCUT2D eigenvalue weighted by atomic mass is 10.1. The number of nitrogens with zero attached hydrogens (tertiary/aromatic N) is 2. The van der Waals surface area contributed by atoms with Gasteiger partial charge in [-0.15, -0.1) is 0 Å². The summed E-state index contributed by atoms with van der Waals surface area (Å²) in [6, 6.07) is 105. The summed E-state index contributed by atoms with van der Waals surface area (Å²) in [6.45, 7) is 1.35. The first-order valence-electron chi connectivity index (χ1n) is 28.2. The van der Waals surface area contributed by atoms with Crippen molar-refractivity contribution in [2.24, 2.45) is 0 Å². The molecule has 0 spiro atoms. The van der Waals surface area contributed by atoms with Crippen LogP contribution in [0.5, 0.6) is 11.5 Å². The normalized spacial score (nSPS) is 11.9. The quantitative estimate of drug-likeness (QED) is 0.0472. The van der Waals surface area contributed by atoms with Crippen molar-refractivity contribution in [1.29, 1.82) is 0 Å². The summed E-state index contributed by atoms with van der Waals surface area (Å²) in [5.41, 5.74) is 13.5. The predicted molar refractivity (Wildman–Crippen MR) is 332 cm³/mol. The van der Waals surface area contributed by atoms with E-state index in [1.54, 1.807) is 0 Å². The maximum Gasteiger partial charge on any atom is 0.175 e. The van der Waals surface area contributed by atoms with Crippen LogP contribution >= 0.6 is 0 Å². The fourth-order valence-corrected chi connectivity index (χ4v) is 23.2. The summed E-state index contributed by atoms with van der Waals surface area (Å²) in [5, 5.41) is 5.19. The maximum atomic E-state index is 6.70. The Labute approximate surface area is 462 Å². The highest BCUT2D eigenvalue weighted by Crippen LogP contribution is 2.40. The van der Waals surface area contributed by atoms with E-state index in [2.05, 4.69) is 275 Å². The van der Waals surface area contributed by atoms with Crippen LogP contribution in [0.25, 0.3) is 43.6 Å². The van der Waals surface area contributed by atoms with Crippen LogP contribution in [0.1, 0.15) is 59.1 Å². The van der Waals surface area contributed by atoms with Gasteiger partial charge in [-0.3, -0.25) is 0 Å². The predicted octanol–water partition coefficient (Wildman–Crippen LogP) is 17.2. The van der Waals surface area contributed by atoms with Gasteiger partial charge >= 0.3 is 0 Å². The van der Waals surface area contributed by atoms with Crippen molar-refractivity contribution in [3.63, 3.8) is 0 Å². The summed E-state index contributed by atoms with van der Waals surface area (Å²) in [5.74, 6) is 1.88. The van der Waals surface area contributed by atoms with Crippen molar-refractivity contribution >= 4 is 60.1 Å². The molecule has 0 aliphatic rings. The number of unbranched alkanes of at least 4 members (excludes halogenated alkanes) is 3. The Hall–Kier alpha value is -8.17. The number of hydrogen-bond acceptors (Lipinski definition) is 2. The largest absolute Gasteiger partial charge is 0.494 e. The van der Waals surface area contributed by atoms with Crippen molar-refractivity contribution in [3.8, 4) is 11.5 Å². The third kappa shape index (κ3) is 11.2. The van der Waals surface area contributed by atoms with Gasteiger partial charge in [-0.25, -0.2) is 0 Å². The molecule has 0 saturated carbocycles.